The Hall–Kier alpha value is -1.63. The van der Waals surface area contributed by atoms with Gasteiger partial charge < -0.3 is 5.32 Å². The maximum atomic E-state index is 11.8. The van der Waals surface area contributed by atoms with E-state index in [2.05, 4.69) is 10.4 Å². The van der Waals surface area contributed by atoms with Crippen LogP contribution in [0, 0.1) is 13.8 Å². The highest BCUT2D eigenvalue weighted by Gasteiger charge is 2.28. The number of aromatic nitrogens is 2. The van der Waals surface area contributed by atoms with Gasteiger partial charge in [-0.25, -0.2) is 8.42 Å². The van der Waals surface area contributed by atoms with E-state index in [-0.39, 0.29) is 23.5 Å². The molecule has 7 heteroatoms. The molecular weight excluding hydrogens is 278 g/mol. The van der Waals surface area contributed by atoms with Crippen molar-refractivity contribution >= 4 is 21.8 Å². The fraction of sp³-hybridized carbons (Fsp3) is 0.538. The second kappa shape index (κ2) is 5.40. The number of carbonyl (C=O) groups is 1. The van der Waals surface area contributed by atoms with Crippen LogP contribution in [0.5, 0.6) is 0 Å². The van der Waals surface area contributed by atoms with Gasteiger partial charge in [0.1, 0.15) is 0 Å². The third kappa shape index (κ3) is 3.27. The molecule has 2 heterocycles. The number of amides is 1. The van der Waals surface area contributed by atoms with Gasteiger partial charge in [0.05, 0.1) is 17.2 Å². The molecule has 1 N–H and O–H groups in total. The van der Waals surface area contributed by atoms with Crippen LogP contribution in [0.2, 0.25) is 0 Å². The van der Waals surface area contributed by atoms with Crippen LogP contribution in [0.1, 0.15) is 23.4 Å². The molecule has 110 valence electrons. The maximum absolute atomic E-state index is 11.8. The monoisotopic (exact) mass is 297 g/mol. The minimum Gasteiger partial charge on any atom is -0.349 e. The quantitative estimate of drug-likeness (QED) is 0.817. The Morgan fingerprint density at radius 2 is 2.15 bits per heavy atom. The van der Waals surface area contributed by atoms with E-state index in [4.69, 9.17) is 0 Å². The van der Waals surface area contributed by atoms with E-state index < -0.39 is 9.84 Å². The molecular formula is C13H19N3O3S. The number of nitrogens with zero attached hydrogens (tertiary/aromatic N) is 2. The average Bonchev–Trinajstić information content (AvgIpc) is 2.78. The molecule has 1 atom stereocenters. The van der Waals surface area contributed by atoms with Gasteiger partial charge in [-0.1, -0.05) is 0 Å². The molecule has 1 amide bonds. The van der Waals surface area contributed by atoms with Crippen molar-refractivity contribution in [3.8, 4) is 0 Å². The third-order valence-corrected chi connectivity index (χ3v) is 5.31. The third-order valence-electron chi connectivity index (χ3n) is 3.55. The summed E-state index contributed by atoms with van der Waals surface area (Å²) < 4.78 is 24.4. The van der Waals surface area contributed by atoms with Crippen LogP contribution in [-0.2, 0) is 21.7 Å². The van der Waals surface area contributed by atoms with E-state index in [1.165, 1.54) is 6.08 Å². The molecule has 1 saturated heterocycles. The van der Waals surface area contributed by atoms with Gasteiger partial charge in [-0.15, -0.1) is 0 Å². The predicted molar refractivity (Wildman–Crippen MR) is 76.9 cm³/mol. The standard InChI is InChI=1S/C13H19N3O3S/c1-9-12(10(2)16(3)15-9)4-5-13(17)14-11-6-7-20(18,19)8-11/h4-5,11H,6-8H2,1-3H3,(H,14,17)/b5-4+/t11-/m0/s1. The molecule has 1 aromatic heterocycles. The smallest absolute Gasteiger partial charge is 0.244 e. The van der Waals surface area contributed by atoms with Gasteiger partial charge in [0.25, 0.3) is 0 Å². The summed E-state index contributed by atoms with van der Waals surface area (Å²) in [6, 6.07) is -0.270. The summed E-state index contributed by atoms with van der Waals surface area (Å²) in [4.78, 5) is 11.8. The zero-order valence-corrected chi connectivity index (χ0v) is 12.7. The number of sulfone groups is 1. The minimum absolute atomic E-state index is 0.0392. The highest BCUT2D eigenvalue weighted by Crippen LogP contribution is 2.14. The normalized spacial score (nSPS) is 21.4. The molecule has 0 aliphatic carbocycles. The number of aryl methyl sites for hydroxylation is 2. The highest BCUT2D eigenvalue weighted by atomic mass is 32.2. The van der Waals surface area contributed by atoms with Gasteiger partial charge >= 0.3 is 0 Å². The summed E-state index contributed by atoms with van der Waals surface area (Å²) in [6.45, 7) is 3.81. The van der Waals surface area contributed by atoms with Crippen molar-refractivity contribution in [3.63, 3.8) is 0 Å². The van der Waals surface area contributed by atoms with Gasteiger partial charge in [-0.3, -0.25) is 9.48 Å². The molecule has 6 nitrogen and oxygen atoms in total. The lowest BCUT2D eigenvalue weighted by Crippen LogP contribution is -2.34. The van der Waals surface area contributed by atoms with Crippen molar-refractivity contribution in [1.29, 1.82) is 0 Å². The Morgan fingerprint density at radius 1 is 1.45 bits per heavy atom. The van der Waals surface area contributed by atoms with Crippen molar-refractivity contribution < 1.29 is 13.2 Å². The van der Waals surface area contributed by atoms with Crippen molar-refractivity contribution in [2.45, 2.75) is 26.3 Å². The summed E-state index contributed by atoms with van der Waals surface area (Å²) in [5.41, 5.74) is 2.76. The zero-order valence-electron chi connectivity index (χ0n) is 11.9. The SMILES string of the molecule is Cc1nn(C)c(C)c1/C=C/C(=O)N[C@H]1CCS(=O)(=O)C1. The number of carbonyl (C=O) groups excluding carboxylic acids is 1. The Kier molecular flexibility index (Phi) is 3.99. The molecule has 0 unspecified atom stereocenters. The Bertz CT molecular complexity index is 659. The van der Waals surface area contributed by atoms with Gasteiger partial charge in [0, 0.05) is 30.4 Å². The van der Waals surface area contributed by atoms with Crippen LogP contribution in [0.4, 0.5) is 0 Å². The molecule has 1 aliphatic rings. The van der Waals surface area contributed by atoms with Crippen LogP contribution in [0.15, 0.2) is 6.08 Å². The Balaban J connectivity index is 2.00. The Morgan fingerprint density at radius 3 is 2.65 bits per heavy atom. The Labute approximate surface area is 118 Å². The van der Waals surface area contributed by atoms with E-state index in [1.54, 1.807) is 10.8 Å². The van der Waals surface area contributed by atoms with Crippen molar-refractivity contribution in [2.24, 2.45) is 7.05 Å². The van der Waals surface area contributed by atoms with E-state index >= 15 is 0 Å². The first-order valence-electron chi connectivity index (χ1n) is 6.48. The fourth-order valence-electron chi connectivity index (χ4n) is 2.35. The summed E-state index contributed by atoms with van der Waals surface area (Å²) in [6.07, 6.45) is 3.64. The topological polar surface area (TPSA) is 81.1 Å². The molecule has 0 bridgehead atoms. The summed E-state index contributed by atoms with van der Waals surface area (Å²) in [7, 11) is -1.12. The van der Waals surface area contributed by atoms with Crippen LogP contribution in [0.25, 0.3) is 6.08 Å². The largest absolute Gasteiger partial charge is 0.349 e. The van der Waals surface area contributed by atoms with Crippen LogP contribution in [-0.4, -0.2) is 41.7 Å². The van der Waals surface area contributed by atoms with Gasteiger partial charge in [0.15, 0.2) is 9.84 Å². The second-order valence-corrected chi connectivity index (χ2v) is 7.38. The van der Waals surface area contributed by atoms with E-state index in [0.717, 1.165) is 17.0 Å². The van der Waals surface area contributed by atoms with Crippen LogP contribution in [0.3, 0.4) is 0 Å². The van der Waals surface area contributed by atoms with Crippen molar-refractivity contribution in [2.75, 3.05) is 11.5 Å². The molecule has 1 aliphatic heterocycles. The first-order chi connectivity index (χ1) is 9.28. The molecule has 1 aromatic rings. The summed E-state index contributed by atoms with van der Waals surface area (Å²) >= 11 is 0. The van der Waals surface area contributed by atoms with Gasteiger partial charge in [-0.2, -0.15) is 5.10 Å². The lowest BCUT2D eigenvalue weighted by atomic mass is 10.2. The van der Waals surface area contributed by atoms with E-state index in [0.29, 0.717) is 6.42 Å². The van der Waals surface area contributed by atoms with E-state index in [1.807, 2.05) is 20.9 Å². The molecule has 0 spiro atoms. The van der Waals surface area contributed by atoms with Gasteiger partial charge in [-0.05, 0) is 26.3 Å². The predicted octanol–water partition coefficient (Wildman–Crippen LogP) is 0.353. The molecule has 20 heavy (non-hydrogen) atoms. The number of rotatable bonds is 3. The molecule has 0 aromatic carbocycles. The van der Waals surface area contributed by atoms with Crippen molar-refractivity contribution in [1.82, 2.24) is 15.1 Å². The lowest BCUT2D eigenvalue weighted by molar-refractivity contribution is -0.116. The van der Waals surface area contributed by atoms with Crippen LogP contribution < -0.4 is 5.32 Å². The minimum atomic E-state index is -2.97. The molecule has 2 rings (SSSR count). The summed E-state index contributed by atoms with van der Waals surface area (Å²) in [5.74, 6) is -0.0743. The number of hydrogen-bond acceptors (Lipinski definition) is 4. The van der Waals surface area contributed by atoms with Crippen molar-refractivity contribution in [3.05, 3.63) is 23.0 Å². The zero-order chi connectivity index (χ0) is 14.9. The molecule has 0 saturated carbocycles. The lowest BCUT2D eigenvalue weighted by Gasteiger charge is -2.07. The summed E-state index contributed by atoms with van der Waals surface area (Å²) in [5, 5.41) is 6.98. The fourth-order valence-corrected chi connectivity index (χ4v) is 4.02. The highest BCUT2D eigenvalue weighted by molar-refractivity contribution is 7.91. The van der Waals surface area contributed by atoms with Gasteiger partial charge in [0.2, 0.25) is 5.91 Å². The molecule has 1 fully saturated rings. The van der Waals surface area contributed by atoms with E-state index in [9.17, 15) is 13.2 Å². The number of nitrogens with one attached hydrogen (secondary N) is 1. The first kappa shape index (κ1) is 14.8. The number of hydrogen-bond donors (Lipinski definition) is 1. The average molecular weight is 297 g/mol. The molecule has 0 radical (unpaired) electrons. The second-order valence-electron chi connectivity index (χ2n) is 5.15. The maximum Gasteiger partial charge on any atom is 0.244 e. The first-order valence-corrected chi connectivity index (χ1v) is 8.30. The van der Waals surface area contributed by atoms with Crippen LogP contribution >= 0.6 is 0 Å².